The minimum Gasteiger partial charge on any atom is -0.493 e. The van der Waals surface area contributed by atoms with Crippen molar-refractivity contribution in [2.45, 2.75) is 13.0 Å². The molecule has 0 aliphatic rings. The second-order valence-corrected chi connectivity index (χ2v) is 5.88. The Morgan fingerprint density at radius 1 is 1.09 bits per heavy atom. The van der Waals surface area contributed by atoms with Crippen molar-refractivity contribution in [1.29, 1.82) is 0 Å². The molecule has 0 aromatic heterocycles. The first-order chi connectivity index (χ1) is 10.7. The Morgan fingerprint density at radius 2 is 1.73 bits per heavy atom. The molecular formula is C15H24N2O3S2. The van der Waals surface area contributed by atoms with Gasteiger partial charge in [-0.3, -0.25) is 0 Å². The zero-order valence-corrected chi connectivity index (χ0v) is 15.2. The van der Waals surface area contributed by atoms with Gasteiger partial charge in [-0.1, -0.05) is 0 Å². The first-order valence-corrected chi connectivity index (χ1v) is 8.76. The van der Waals surface area contributed by atoms with Crippen LogP contribution in [0.5, 0.6) is 17.2 Å². The van der Waals surface area contributed by atoms with Gasteiger partial charge in [0.1, 0.15) is 0 Å². The van der Waals surface area contributed by atoms with Crippen LogP contribution in [-0.2, 0) is 6.54 Å². The fraction of sp³-hybridized carbons (Fsp3) is 0.533. The van der Waals surface area contributed by atoms with Crippen LogP contribution in [0.1, 0.15) is 12.0 Å². The molecule has 0 radical (unpaired) electrons. The van der Waals surface area contributed by atoms with E-state index in [1.54, 1.807) is 21.3 Å². The first kappa shape index (κ1) is 18.7. The molecule has 7 heteroatoms. The van der Waals surface area contributed by atoms with Crippen LogP contribution in [0.2, 0.25) is 0 Å². The van der Waals surface area contributed by atoms with Crippen molar-refractivity contribution in [3.05, 3.63) is 17.7 Å². The summed E-state index contributed by atoms with van der Waals surface area (Å²) in [6.45, 7) is 1.47. The summed E-state index contributed by atoms with van der Waals surface area (Å²) in [5.74, 6) is 2.99. The van der Waals surface area contributed by atoms with Gasteiger partial charge in [0.05, 0.1) is 21.3 Å². The number of thioether (sulfide) groups is 1. The number of methoxy groups -OCH3 is 3. The van der Waals surface area contributed by atoms with Crippen LogP contribution in [-0.4, -0.2) is 45.0 Å². The van der Waals surface area contributed by atoms with E-state index in [4.69, 9.17) is 26.4 Å². The van der Waals surface area contributed by atoms with Gasteiger partial charge >= 0.3 is 0 Å². The van der Waals surface area contributed by atoms with Crippen molar-refractivity contribution in [2.24, 2.45) is 0 Å². The molecule has 0 aliphatic carbocycles. The molecular weight excluding hydrogens is 320 g/mol. The first-order valence-electron chi connectivity index (χ1n) is 6.95. The summed E-state index contributed by atoms with van der Waals surface area (Å²) >= 11 is 7.09. The van der Waals surface area contributed by atoms with Gasteiger partial charge in [0.25, 0.3) is 0 Å². The molecule has 1 aromatic carbocycles. The molecule has 0 unspecified atom stereocenters. The van der Waals surface area contributed by atoms with Crippen molar-refractivity contribution >= 4 is 29.1 Å². The van der Waals surface area contributed by atoms with Crippen LogP contribution in [0.15, 0.2) is 12.1 Å². The third-order valence-corrected chi connectivity index (χ3v) is 3.97. The average Bonchev–Trinajstić information content (AvgIpc) is 2.55. The predicted octanol–water partition coefficient (Wildman–Crippen LogP) is 2.43. The minimum absolute atomic E-state index is 0.588. The van der Waals surface area contributed by atoms with Crippen molar-refractivity contribution in [2.75, 3.05) is 39.9 Å². The standard InChI is InChI=1S/C15H24N2O3S2/c1-18-12-8-11(9-13(19-2)14(12)20-3)10-17-15(21)16-6-5-7-22-4/h8-9H,5-7,10H2,1-4H3,(H2,16,17,21). The topological polar surface area (TPSA) is 51.8 Å². The number of nitrogens with one attached hydrogen (secondary N) is 2. The Kier molecular flexibility index (Phi) is 8.84. The molecule has 0 aliphatic heterocycles. The van der Waals surface area contributed by atoms with E-state index in [9.17, 15) is 0 Å². The zero-order valence-electron chi connectivity index (χ0n) is 13.5. The zero-order chi connectivity index (χ0) is 16.4. The summed E-state index contributed by atoms with van der Waals surface area (Å²) in [6.07, 6.45) is 3.19. The molecule has 1 aromatic rings. The minimum atomic E-state index is 0.588. The van der Waals surface area contributed by atoms with Crippen LogP contribution in [0.3, 0.4) is 0 Å². The van der Waals surface area contributed by atoms with Gasteiger partial charge in [-0.25, -0.2) is 0 Å². The third kappa shape index (κ3) is 5.81. The highest BCUT2D eigenvalue weighted by atomic mass is 32.2. The van der Waals surface area contributed by atoms with Gasteiger partial charge in [0.2, 0.25) is 5.75 Å². The second kappa shape index (κ2) is 10.4. The van der Waals surface area contributed by atoms with E-state index in [1.807, 2.05) is 23.9 Å². The van der Waals surface area contributed by atoms with Gasteiger partial charge in [-0.05, 0) is 48.3 Å². The van der Waals surface area contributed by atoms with Gasteiger partial charge < -0.3 is 24.8 Å². The van der Waals surface area contributed by atoms with Crippen LogP contribution in [0, 0.1) is 0 Å². The normalized spacial score (nSPS) is 10.0. The SMILES string of the molecule is COc1cc(CNC(=S)NCCCSC)cc(OC)c1OC. The summed E-state index contributed by atoms with van der Waals surface area (Å²) in [7, 11) is 4.80. The van der Waals surface area contributed by atoms with Gasteiger partial charge in [0.15, 0.2) is 16.6 Å². The lowest BCUT2D eigenvalue weighted by Crippen LogP contribution is -2.35. The molecule has 2 N–H and O–H groups in total. The highest BCUT2D eigenvalue weighted by molar-refractivity contribution is 7.98. The molecule has 0 bridgehead atoms. The maximum atomic E-state index is 5.33. The lowest BCUT2D eigenvalue weighted by Gasteiger charge is -2.15. The van der Waals surface area contributed by atoms with Crippen LogP contribution in [0.4, 0.5) is 0 Å². The lowest BCUT2D eigenvalue weighted by atomic mass is 10.2. The van der Waals surface area contributed by atoms with E-state index in [1.165, 1.54) is 0 Å². The largest absolute Gasteiger partial charge is 0.493 e. The maximum absolute atomic E-state index is 5.33. The summed E-state index contributed by atoms with van der Waals surface area (Å²) < 4.78 is 16.0. The van der Waals surface area contributed by atoms with Crippen molar-refractivity contribution in [3.63, 3.8) is 0 Å². The van der Waals surface area contributed by atoms with Crippen LogP contribution >= 0.6 is 24.0 Å². The number of hydrogen-bond acceptors (Lipinski definition) is 5. The van der Waals surface area contributed by atoms with E-state index in [2.05, 4.69) is 16.9 Å². The molecule has 0 atom stereocenters. The summed E-state index contributed by atoms with van der Waals surface area (Å²) in [5.41, 5.74) is 1.00. The molecule has 0 fully saturated rings. The lowest BCUT2D eigenvalue weighted by molar-refractivity contribution is 0.323. The quantitative estimate of drug-likeness (QED) is 0.527. The monoisotopic (exact) mass is 344 g/mol. The molecule has 0 heterocycles. The van der Waals surface area contributed by atoms with E-state index < -0.39 is 0 Å². The van der Waals surface area contributed by atoms with E-state index in [0.717, 1.165) is 24.3 Å². The van der Waals surface area contributed by atoms with Crippen molar-refractivity contribution < 1.29 is 14.2 Å². The number of rotatable bonds is 9. The Bertz CT molecular complexity index is 459. The van der Waals surface area contributed by atoms with Gasteiger partial charge in [0, 0.05) is 13.1 Å². The summed E-state index contributed by atoms with van der Waals surface area (Å²) in [5, 5.41) is 7.01. The van der Waals surface area contributed by atoms with E-state index in [-0.39, 0.29) is 0 Å². The fourth-order valence-corrected chi connectivity index (χ4v) is 2.51. The number of hydrogen-bond donors (Lipinski definition) is 2. The second-order valence-electron chi connectivity index (χ2n) is 4.49. The van der Waals surface area contributed by atoms with E-state index >= 15 is 0 Å². The smallest absolute Gasteiger partial charge is 0.203 e. The molecule has 124 valence electrons. The van der Waals surface area contributed by atoms with Crippen molar-refractivity contribution in [1.82, 2.24) is 10.6 Å². The van der Waals surface area contributed by atoms with Crippen LogP contribution < -0.4 is 24.8 Å². The van der Waals surface area contributed by atoms with E-state index in [0.29, 0.717) is 28.9 Å². The number of ether oxygens (including phenoxy) is 3. The highest BCUT2D eigenvalue weighted by Gasteiger charge is 2.13. The Balaban J connectivity index is 2.60. The number of benzene rings is 1. The molecule has 0 saturated carbocycles. The summed E-state index contributed by atoms with van der Waals surface area (Å²) in [6, 6.07) is 3.81. The summed E-state index contributed by atoms with van der Waals surface area (Å²) in [4.78, 5) is 0. The van der Waals surface area contributed by atoms with Gasteiger partial charge in [-0.2, -0.15) is 11.8 Å². The molecule has 22 heavy (non-hydrogen) atoms. The molecule has 1 rings (SSSR count). The average molecular weight is 345 g/mol. The Morgan fingerprint density at radius 3 is 2.23 bits per heavy atom. The Labute approximate surface area is 142 Å². The molecule has 5 nitrogen and oxygen atoms in total. The number of thiocarbonyl (C=S) groups is 1. The molecule has 0 amide bonds. The maximum Gasteiger partial charge on any atom is 0.203 e. The predicted molar refractivity (Wildman–Crippen MR) is 96.5 cm³/mol. The third-order valence-electron chi connectivity index (χ3n) is 2.99. The molecule has 0 spiro atoms. The highest BCUT2D eigenvalue weighted by Crippen LogP contribution is 2.38. The molecule has 0 saturated heterocycles. The van der Waals surface area contributed by atoms with Gasteiger partial charge in [-0.15, -0.1) is 0 Å². The van der Waals surface area contributed by atoms with Crippen molar-refractivity contribution in [3.8, 4) is 17.2 Å². The van der Waals surface area contributed by atoms with Crippen LogP contribution in [0.25, 0.3) is 0 Å². The Hall–Kier alpha value is -1.34. The fourth-order valence-electron chi connectivity index (χ4n) is 1.90.